The van der Waals surface area contributed by atoms with Gasteiger partial charge in [-0.2, -0.15) is 0 Å². The molecule has 1 saturated heterocycles. The Bertz CT molecular complexity index is 1100. The van der Waals surface area contributed by atoms with Crippen LogP contribution in [0.25, 0.3) is 16.5 Å². The van der Waals surface area contributed by atoms with Crippen molar-refractivity contribution >= 4 is 40.8 Å². The Morgan fingerprint density at radius 3 is 2.35 bits per heavy atom. The van der Waals surface area contributed by atoms with Crippen molar-refractivity contribution in [1.29, 1.82) is 0 Å². The Kier molecular flexibility index (Phi) is 6.85. The average Bonchev–Trinajstić information content (AvgIpc) is 3.28. The van der Waals surface area contributed by atoms with Gasteiger partial charge in [-0.1, -0.05) is 48.0 Å². The molecule has 1 N–H and O–H groups in total. The predicted molar refractivity (Wildman–Crippen MR) is 127 cm³/mol. The minimum atomic E-state index is -0.292. The zero-order valence-electron chi connectivity index (χ0n) is 17.0. The fourth-order valence-corrected chi connectivity index (χ4v) is 4.87. The van der Waals surface area contributed by atoms with E-state index in [0.29, 0.717) is 29.4 Å². The van der Waals surface area contributed by atoms with E-state index in [2.05, 4.69) is 5.32 Å². The van der Waals surface area contributed by atoms with Crippen LogP contribution in [0.15, 0.2) is 72.4 Å². The smallest absolute Gasteiger partial charge is 0.270 e. The van der Waals surface area contributed by atoms with Crippen molar-refractivity contribution in [2.45, 2.75) is 19.3 Å². The summed E-state index contributed by atoms with van der Waals surface area (Å²) < 4.78 is 0. The zero-order valence-corrected chi connectivity index (χ0v) is 18.6. The lowest BCUT2D eigenvalue weighted by molar-refractivity contribution is -0.128. The number of likely N-dealkylation sites (tertiary alicyclic amines) is 1. The van der Waals surface area contributed by atoms with E-state index >= 15 is 0 Å². The van der Waals surface area contributed by atoms with Gasteiger partial charge in [-0.3, -0.25) is 9.59 Å². The Hall–Kier alpha value is -2.89. The number of amides is 2. The molecule has 158 valence electrons. The lowest BCUT2D eigenvalue weighted by Gasteiger charge is -2.27. The summed E-state index contributed by atoms with van der Waals surface area (Å²) in [6.07, 6.45) is 4.87. The van der Waals surface area contributed by atoms with Crippen LogP contribution in [0, 0.1) is 0 Å². The van der Waals surface area contributed by atoms with Gasteiger partial charge in [0.05, 0.1) is 0 Å². The van der Waals surface area contributed by atoms with Crippen LogP contribution in [0.2, 0.25) is 5.02 Å². The molecule has 0 spiro atoms. The predicted octanol–water partition coefficient (Wildman–Crippen LogP) is 5.85. The number of hydrogen-bond acceptors (Lipinski definition) is 3. The molecule has 0 atom stereocenters. The third-order valence-electron chi connectivity index (χ3n) is 5.21. The third kappa shape index (κ3) is 5.24. The molecule has 0 unspecified atom stereocenters. The first-order valence-electron chi connectivity index (χ1n) is 10.3. The second kappa shape index (κ2) is 9.94. The first-order chi connectivity index (χ1) is 15.1. The summed E-state index contributed by atoms with van der Waals surface area (Å²) in [7, 11) is 0. The van der Waals surface area contributed by atoms with E-state index in [-0.39, 0.29) is 11.8 Å². The number of thiophene rings is 1. The van der Waals surface area contributed by atoms with Gasteiger partial charge in [-0.25, -0.2) is 0 Å². The molecule has 4 nitrogen and oxygen atoms in total. The van der Waals surface area contributed by atoms with Crippen LogP contribution in [0.1, 0.15) is 34.5 Å². The summed E-state index contributed by atoms with van der Waals surface area (Å²) >= 11 is 7.87. The van der Waals surface area contributed by atoms with Gasteiger partial charge in [0.25, 0.3) is 11.8 Å². The van der Waals surface area contributed by atoms with E-state index in [9.17, 15) is 9.59 Å². The third-order valence-corrected chi connectivity index (χ3v) is 6.61. The number of hydrogen-bond donors (Lipinski definition) is 1. The van der Waals surface area contributed by atoms with Crippen LogP contribution in [0.4, 0.5) is 0 Å². The minimum Gasteiger partial charge on any atom is -0.337 e. The van der Waals surface area contributed by atoms with E-state index in [1.807, 2.05) is 47.4 Å². The van der Waals surface area contributed by atoms with Gasteiger partial charge in [0.2, 0.25) is 0 Å². The molecule has 1 aliphatic heterocycles. The first-order valence-corrected chi connectivity index (χ1v) is 11.5. The number of carbonyl (C=O) groups is 2. The van der Waals surface area contributed by atoms with E-state index in [1.54, 1.807) is 30.3 Å². The fourth-order valence-electron chi connectivity index (χ4n) is 3.58. The standard InChI is InChI=1S/C25H23ClN2O2S/c26-21-12-6-5-11-20(21)23-14-13-19(31-23)17-22(25(30)28-15-7-2-8-16-28)27-24(29)18-9-3-1-4-10-18/h1,3-6,9-14,17H,2,7-8,15-16H2,(H,27,29). The van der Waals surface area contributed by atoms with Gasteiger partial charge in [0.15, 0.2) is 0 Å². The molecule has 31 heavy (non-hydrogen) atoms. The second-order valence-corrected chi connectivity index (χ2v) is 8.94. The Morgan fingerprint density at radius 1 is 0.903 bits per heavy atom. The molecule has 6 heteroatoms. The summed E-state index contributed by atoms with van der Waals surface area (Å²) in [4.78, 5) is 29.7. The number of nitrogens with zero attached hydrogens (tertiary/aromatic N) is 1. The lowest BCUT2D eigenvalue weighted by Crippen LogP contribution is -2.41. The Labute approximate surface area is 191 Å². The SMILES string of the molecule is O=C(NC(=Cc1ccc(-c2ccccc2Cl)s1)C(=O)N1CCCCC1)c1ccccc1. The van der Waals surface area contributed by atoms with Crippen molar-refractivity contribution in [2.24, 2.45) is 0 Å². The molecule has 1 aliphatic rings. The topological polar surface area (TPSA) is 49.4 Å². The number of benzene rings is 2. The van der Waals surface area contributed by atoms with E-state index < -0.39 is 0 Å². The van der Waals surface area contributed by atoms with Crippen molar-refractivity contribution in [1.82, 2.24) is 10.2 Å². The summed E-state index contributed by atoms with van der Waals surface area (Å²) in [6.45, 7) is 1.43. The van der Waals surface area contributed by atoms with Crippen LogP contribution in [-0.2, 0) is 4.79 Å². The largest absolute Gasteiger partial charge is 0.337 e. The zero-order chi connectivity index (χ0) is 21.6. The maximum Gasteiger partial charge on any atom is 0.270 e. The van der Waals surface area contributed by atoms with Gasteiger partial charge in [-0.05, 0) is 55.7 Å². The second-order valence-electron chi connectivity index (χ2n) is 7.41. The molecule has 4 rings (SSSR count). The van der Waals surface area contributed by atoms with Crippen molar-refractivity contribution in [3.63, 3.8) is 0 Å². The quantitative estimate of drug-likeness (QED) is 0.495. The highest BCUT2D eigenvalue weighted by molar-refractivity contribution is 7.16. The van der Waals surface area contributed by atoms with Crippen molar-refractivity contribution in [2.75, 3.05) is 13.1 Å². The lowest BCUT2D eigenvalue weighted by atomic mass is 10.1. The molecule has 0 radical (unpaired) electrons. The van der Waals surface area contributed by atoms with E-state index in [1.165, 1.54) is 11.3 Å². The van der Waals surface area contributed by atoms with E-state index in [0.717, 1.165) is 34.6 Å². The van der Waals surface area contributed by atoms with Gasteiger partial charge in [-0.15, -0.1) is 11.3 Å². The van der Waals surface area contributed by atoms with Crippen LogP contribution < -0.4 is 5.32 Å². The molecule has 0 bridgehead atoms. The highest BCUT2D eigenvalue weighted by atomic mass is 35.5. The van der Waals surface area contributed by atoms with E-state index in [4.69, 9.17) is 11.6 Å². The molecule has 2 heterocycles. The van der Waals surface area contributed by atoms with Gasteiger partial charge in [0.1, 0.15) is 5.70 Å². The summed E-state index contributed by atoms with van der Waals surface area (Å²) in [6, 6.07) is 20.5. The molecule has 1 fully saturated rings. The molecule has 0 aliphatic carbocycles. The Morgan fingerprint density at radius 2 is 1.61 bits per heavy atom. The monoisotopic (exact) mass is 450 g/mol. The maximum absolute atomic E-state index is 13.2. The summed E-state index contributed by atoms with van der Waals surface area (Å²) in [5.74, 6) is -0.434. The molecule has 2 amide bonds. The molecular weight excluding hydrogens is 428 g/mol. The molecule has 3 aromatic rings. The van der Waals surface area contributed by atoms with Crippen LogP contribution in [0.3, 0.4) is 0 Å². The maximum atomic E-state index is 13.2. The van der Waals surface area contributed by atoms with Crippen molar-refractivity contribution in [3.05, 3.63) is 87.9 Å². The van der Waals surface area contributed by atoms with Crippen LogP contribution in [-0.4, -0.2) is 29.8 Å². The molecule has 0 saturated carbocycles. The number of rotatable bonds is 5. The van der Waals surface area contributed by atoms with Gasteiger partial charge < -0.3 is 10.2 Å². The Balaban J connectivity index is 1.63. The number of halogens is 1. The van der Waals surface area contributed by atoms with Gasteiger partial charge in [0, 0.05) is 39.0 Å². The van der Waals surface area contributed by atoms with Crippen LogP contribution in [0.5, 0.6) is 0 Å². The number of nitrogens with one attached hydrogen (secondary N) is 1. The number of piperidine rings is 1. The minimum absolute atomic E-state index is 0.142. The molecular formula is C25H23ClN2O2S. The fraction of sp³-hybridized carbons (Fsp3) is 0.200. The highest BCUT2D eigenvalue weighted by Crippen LogP contribution is 2.34. The van der Waals surface area contributed by atoms with Crippen molar-refractivity contribution < 1.29 is 9.59 Å². The van der Waals surface area contributed by atoms with Gasteiger partial charge >= 0.3 is 0 Å². The first kappa shape index (κ1) is 21.3. The van der Waals surface area contributed by atoms with Crippen molar-refractivity contribution in [3.8, 4) is 10.4 Å². The summed E-state index contributed by atoms with van der Waals surface area (Å²) in [5.41, 5.74) is 1.76. The molecule has 2 aromatic carbocycles. The summed E-state index contributed by atoms with van der Waals surface area (Å²) in [5, 5.41) is 3.53. The number of carbonyl (C=O) groups excluding carboxylic acids is 2. The average molecular weight is 451 g/mol. The van der Waals surface area contributed by atoms with Crippen LogP contribution >= 0.6 is 22.9 Å². The highest BCUT2D eigenvalue weighted by Gasteiger charge is 2.22. The normalized spacial score (nSPS) is 14.4. The molecule has 1 aromatic heterocycles.